The van der Waals surface area contributed by atoms with E-state index in [1.807, 2.05) is 17.9 Å². The van der Waals surface area contributed by atoms with Gasteiger partial charge in [0.1, 0.15) is 0 Å². The van der Waals surface area contributed by atoms with Gasteiger partial charge in [-0.2, -0.15) is 5.10 Å². The van der Waals surface area contributed by atoms with Crippen molar-refractivity contribution >= 4 is 15.9 Å². The average molecular weight is 336 g/mol. The van der Waals surface area contributed by atoms with Gasteiger partial charge in [0, 0.05) is 23.8 Å². The molecule has 0 saturated heterocycles. The van der Waals surface area contributed by atoms with E-state index in [0.29, 0.717) is 6.04 Å². The minimum absolute atomic E-state index is 0.330. The van der Waals surface area contributed by atoms with E-state index in [2.05, 4.69) is 64.6 Å². The summed E-state index contributed by atoms with van der Waals surface area (Å²) in [5.41, 5.74) is 3.95. The molecule has 1 N–H and O–H groups in total. The molecule has 0 fully saturated rings. The highest BCUT2D eigenvalue weighted by Crippen LogP contribution is 2.25. The fraction of sp³-hybridized carbons (Fsp3) is 0.438. The Bertz CT molecular complexity index is 563. The highest BCUT2D eigenvalue weighted by atomic mass is 79.9. The lowest BCUT2D eigenvalue weighted by molar-refractivity contribution is 0.527. The molecule has 0 aliphatic rings. The standard InChI is InChI=1S/C16H22BrN3/c1-4-7-18-16(8-13-10-19-20(3)11-13)15-9-14(17)6-5-12(15)2/h5-6,9-11,16,18H,4,7-8H2,1-3H3. The van der Waals surface area contributed by atoms with Gasteiger partial charge in [0.15, 0.2) is 0 Å². The molecule has 1 aromatic heterocycles. The van der Waals surface area contributed by atoms with Gasteiger partial charge >= 0.3 is 0 Å². The second kappa shape index (κ2) is 7.04. The van der Waals surface area contributed by atoms with Gasteiger partial charge in [-0.25, -0.2) is 0 Å². The van der Waals surface area contributed by atoms with E-state index >= 15 is 0 Å². The molecule has 4 heteroatoms. The van der Waals surface area contributed by atoms with Crippen LogP contribution < -0.4 is 5.32 Å². The molecule has 3 nitrogen and oxygen atoms in total. The first kappa shape index (κ1) is 15.3. The summed E-state index contributed by atoms with van der Waals surface area (Å²) in [5.74, 6) is 0. The van der Waals surface area contributed by atoms with Crippen molar-refractivity contribution in [3.05, 3.63) is 51.8 Å². The minimum Gasteiger partial charge on any atom is -0.310 e. The number of hydrogen-bond acceptors (Lipinski definition) is 2. The van der Waals surface area contributed by atoms with Crippen LogP contribution in [-0.4, -0.2) is 16.3 Å². The molecule has 20 heavy (non-hydrogen) atoms. The van der Waals surface area contributed by atoms with Crippen molar-refractivity contribution in [3.8, 4) is 0 Å². The van der Waals surface area contributed by atoms with Gasteiger partial charge in [-0.3, -0.25) is 4.68 Å². The topological polar surface area (TPSA) is 29.9 Å². The Hall–Kier alpha value is -1.13. The van der Waals surface area contributed by atoms with Crippen LogP contribution in [0, 0.1) is 6.92 Å². The largest absolute Gasteiger partial charge is 0.310 e. The van der Waals surface area contributed by atoms with Crippen LogP contribution in [0.15, 0.2) is 35.1 Å². The third-order valence-electron chi connectivity index (χ3n) is 3.46. The summed E-state index contributed by atoms with van der Waals surface area (Å²) >= 11 is 3.58. The lowest BCUT2D eigenvalue weighted by Crippen LogP contribution is -2.24. The number of benzene rings is 1. The maximum absolute atomic E-state index is 4.26. The van der Waals surface area contributed by atoms with Crippen molar-refractivity contribution in [2.45, 2.75) is 32.7 Å². The van der Waals surface area contributed by atoms with E-state index in [1.54, 1.807) is 0 Å². The zero-order valence-corrected chi connectivity index (χ0v) is 13.9. The number of rotatable bonds is 6. The van der Waals surface area contributed by atoms with E-state index in [-0.39, 0.29) is 0 Å². The Morgan fingerprint density at radius 3 is 2.85 bits per heavy atom. The number of halogens is 1. The zero-order valence-electron chi connectivity index (χ0n) is 12.4. The van der Waals surface area contributed by atoms with Crippen LogP contribution in [0.4, 0.5) is 0 Å². The van der Waals surface area contributed by atoms with Gasteiger partial charge in [-0.05, 0) is 55.1 Å². The smallest absolute Gasteiger partial charge is 0.0522 e. The normalized spacial score (nSPS) is 12.6. The maximum Gasteiger partial charge on any atom is 0.0522 e. The fourth-order valence-corrected chi connectivity index (χ4v) is 2.79. The molecule has 0 aliphatic carbocycles. The molecule has 1 aromatic carbocycles. The van der Waals surface area contributed by atoms with E-state index in [1.165, 1.54) is 16.7 Å². The van der Waals surface area contributed by atoms with Crippen molar-refractivity contribution in [1.82, 2.24) is 15.1 Å². The summed E-state index contributed by atoms with van der Waals surface area (Å²) in [6.07, 6.45) is 6.14. The molecule has 0 saturated carbocycles. The van der Waals surface area contributed by atoms with E-state index < -0.39 is 0 Å². The Morgan fingerprint density at radius 2 is 2.20 bits per heavy atom. The van der Waals surface area contributed by atoms with Gasteiger partial charge < -0.3 is 5.32 Å². The van der Waals surface area contributed by atoms with Crippen molar-refractivity contribution in [1.29, 1.82) is 0 Å². The number of aryl methyl sites for hydroxylation is 2. The highest BCUT2D eigenvalue weighted by Gasteiger charge is 2.15. The van der Waals surface area contributed by atoms with Gasteiger partial charge in [0.2, 0.25) is 0 Å². The lowest BCUT2D eigenvalue weighted by atomic mass is 9.96. The predicted octanol–water partition coefficient (Wildman–Crippen LogP) is 3.77. The first-order valence-electron chi connectivity index (χ1n) is 7.07. The molecule has 2 rings (SSSR count). The SMILES string of the molecule is CCCNC(Cc1cnn(C)c1)c1cc(Br)ccc1C. The lowest BCUT2D eigenvalue weighted by Gasteiger charge is -2.21. The maximum atomic E-state index is 4.26. The molecular formula is C16H22BrN3. The van der Waals surface area contributed by atoms with Crippen LogP contribution in [0.5, 0.6) is 0 Å². The van der Waals surface area contributed by atoms with Gasteiger partial charge in [0.25, 0.3) is 0 Å². The molecule has 1 unspecified atom stereocenters. The second-order valence-electron chi connectivity index (χ2n) is 5.23. The molecular weight excluding hydrogens is 314 g/mol. The van der Waals surface area contributed by atoms with Crippen LogP contribution in [0.3, 0.4) is 0 Å². The monoisotopic (exact) mass is 335 g/mol. The second-order valence-corrected chi connectivity index (χ2v) is 6.15. The summed E-state index contributed by atoms with van der Waals surface area (Å²) in [7, 11) is 1.96. The van der Waals surface area contributed by atoms with Crippen LogP contribution in [0.2, 0.25) is 0 Å². The van der Waals surface area contributed by atoms with Crippen LogP contribution >= 0.6 is 15.9 Å². The first-order valence-corrected chi connectivity index (χ1v) is 7.86. The quantitative estimate of drug-likeness (QED) is 0.870. The molecule has 0 bridgehead atoms. The third kappa shape index (κ3) is 3.93. The van der Waals surface area contributed by atoms with E-state index in [9.17, 15) is 0 Å². The fourth-order valence-electron chi connectivity index (χ4n) is 2.41. The Labute approximate surface area is 129 Å². The summed E-state index contributed by atoms with van der Waals surface area (Å²) in [6.45, 7) is 5.39. The van der Waals surface area contributed by atoms with Gasteiger partial charge in [0.05, 0.1) is 6.20 Å². The molecule has 2 aromatic rings. The number of hydrogen-bond donors (Lipinski definition) is 1. The molecule has 0 aliphatic heterocycles. The van der Waals surface area contributed by atoms with Crippen LogP contribution in [0.25, 0.3) is 0 Å². The summed E-state index contributed by atoms with van der Waals surface area (Å²) in [6, 6.07) is 6.82. The van der Waals surface area contributed by atoms with E-state index in [0.717, 1.165) is 23.9 Å². The minimum atomic E-state index is 0.330. The van der Waals surface area contributed by atoms with Gasteiger partial charge in [-0.15, -0.1) is 0 Å². The Balaban J connectivity index is 2.24. The Kier molecular flexibility index (Phi) is 5.38. The number of aromatic nitrogens is 2. The summed E-state index contributed by atoms with van der Waals surface area (Å²) in [5, 5.41) is 7.92. The first-order chi connectivity index (χ1) is 9.60. The predicted molar refractivity (Wildman–Crippen MR) is 86.8 cm³/mol. The van der Waals surface area contributed by atoms with Crippen molar-refractivity contribution in [3.63, 3.8) is 0 Å². The molecule has 0 radical (unpaired) electrons. The van der Waals surface area contributed by atoms with E-state index in [4.69, 9.17) is 0 Å². The summed E-state index contributed by atoms with van der Waals surface area (Å²) < 4.78 is 2.99. The molecule has 0 spiro atoms. The number of nitrogens with one attached hydrogen (secondary N) is 1. The van der Waals surface area contributed by atoms with Crippen LogP contribution in [0.1, 0.15) is 36.1 Å². The number of nitrogens with zero attached hydrogens (tertiary/aromatic N) is 2. The molecule has 1 heterocycles. The van der Waals surface area contributed by atoms with Gasteiger partial charge in [-0.1, -0.05) is 28.9 Å². The molecule has 108 valence electrons. The molecule has 0 amide bonds. The third-order valence-corrected chi connectivity index (χ3v) is 3.95. The van der Waals surface area contributed by atoms with Crippen molar-refractivity contribution < 1.29 is 0 Å². The van der Waals surface area contributed by atoms with Crippen molar-refractivity contribution in [2.75, 3.05) is 6.54 Å². The zero-order chi connectivity index (χ0) is 14.5. The average Bonchev–Trinajstić information content (AvgIpc) is 2.83. The summed E-state index contributed by atoms with van der Waals surface area (Å²) in [4.78, 5) is 0. The Morgan fingerprint density at radius 1 is 1.40 bits per heavy atom. The van der Waals surface area contributed by atoms with Crippen molar-refractivity contribution in [2.24, 2.45) is 7.05 Å². The molecule has 1 atom stereocenters. The highest BCUT2D eigenvalue weighted by molar-refractivity contribution is 9.10. The van der Waals surface area contributed by atoms with Crippen LogP contribution in [-0.2, 0) is 13.5 Å².